The van der Waals surface area contributed by atoms with Gasteiger partial charge >= 0.3 is 0 Å². The standard InChI is InChI=1S/C14H23NOS/c1-11(2)6-7-17-10-12-4-5-14(16-3)13(8-12)9-15/h4-5,8,11H,6-7,9-10,15H2,1-3H3. The van der Waals surface area contributed by atoms with Crippen LogP contribution in [-0.2, 0) is 12.3 Å². The maximum absolute atomic E-state index is 5.70. The van der Waals surface area contributed by atoms with Crippen molar-refractivity contribution in [2.24, 2.45) is 11.7 Å². The highest BCUT2D eigenvalue weighted by Gasteiger charge is 2.03. The summed E-state index contributed by atoms with van der Waals surface area (Å²) in [5, 5.41) is 0. The zero-order valence-electron chi connectivity index (χ0n) is 11.0. The monoisotopic (exact) mass is 253 g/mol. The molecule has 17 heavy (non-hydrogen) atoms. The molecule has 0 amide bonds. The number of hydrogen-bond donors (Lipinski definition) is 1. The van der Waals surface area contributed by atoms with E-state index in [1.165, 1.54) is 17.7 Å². The summed E-state index contributed by atoms with van der Waals surface area (Å²) in [5.41, 5.74) is 8.13. The van der Waals surface area contributed by atoms with Gasteiger partial charge in [0.05, 0.1) is 7.11 Å². The van der Waals surface area contributed by atoms with Crippen molar-refractivity contribution in [1.29, 1.82) is 0 Å². The van der Waals surface area contributed by atoms with E-state index in [2.05, 4.69) is 26.0 Å². The van der Waals surface area contributed by atoms with Crippen LogP contribution in [-0.4, -0.2) is 12.9 Å². The van der Waals surface area contributed by atoms with Gasteiger partial charge in [-0.05, 0) is 35.8 Å². The van der Waals surface area contributed by atoms with Gasteiger partial charge in [-0.2, -0.15) is 11.8 Å². The minimum Gasteiger partial charge on any atom is -0.496 e. The first kappa shape index (κ1) is 14.4. The lowest BCUT2D eigenvalue weighted by Gasteiger charge is -2.09. The van der Waals surface area contributed by atoms with Crippen LogP contribution in [0, 0.1) is 5.92 Å². The second-order valence-corrected chi connectivity index (χ2v) is 5.69. The van der Waals surface area contributed by atoms with Gasteiger partial charge in [0.15, 0.2) is 0 Å². The molecule has 0 bridgehead atoms. The zero-order valence-corrected chi connectivity index (χ0v) is 11.8. The molecular formula is C14H23NOS. The van der Waals surface area contributed by atoms with Crippen molar-refractivity contribution in [2.45, 2.75) is 32.6 Å². The molecular weight excluding hydrogens is 230 g/mol. The van der Waals surface area contributed by atoms with Gasteiger partial charge in [0.2, 0.25) is 0 Å². The number of hydrogen-bond acceptors (Lipinski definition) is 3. The summed E-state index contributed by atoms with van der Waals surface area (Å²) in [7, 11) is 1.69. The maximum Gasteiger partial charge on any atom is 0.123 e. The van der Waals surface area contributed by atoms with Gasteiger partial charge < -0.3 is 10.5 Å². The van der Waals surface area contributed by atoms with Crippen LogP contribution in [0.1, 0.15) is 31.4 Å². The van der Waals surface area contributed by atoms with Crippen LogP contribution < -0.4 is 10.5 Å². The molecule has 0 saturated heterocycles. The molecule has 0 atom stereocenters. The summed E-state index contributed by atoms with van der Waals surface area (Å²) in [6.45, 7) is 5.06. The van der Waals surface area contributed by atoms with Gasteiger partial charge in [-0.1, -0.05) is 19.9 Å². The number of ether oxygens (including phenoxy) is 1. The molecule has 2 N–H and O–H groups in total. The summed E-state index contributed by atoms with van der Waals surface area (Å²) in [5.74, 6) is 3.96. The number of benzene rings is 1. The van der Waals surface area contributed by atoms with Crippen LogP contribution in [0.3, 0.4) is 0 Å². The topological polar surface area (TPSA) is 35.2 Å². The molecule has 2 nitrogen and oxygen atoms in total. The van der Waals surface area contributed by atoms with Gasteiger partial charge in [0, 0.05) is 17.9 Å². The van der Waals surface area contributed by atoms with E-state index >= 15 is 0 Å². The average Bonchev–Trinajstić information content (AvgIpc) is 2.34. The molecule has 1 aromatic rings. The zero-order chi connectivity index (χ0) is 12.7. The lowest BCUT2D eigenvalue weighted by Crippen LogP contribution is -2.00. The van der Waals surface area contributed by atoms with E-state index in [0.29, 0.717) is 6.54 Å². The Morgan fingerprint density at radius 2 is 2.12 bits per heavy atom. The number of nitrogens with two attached hydrogens (primary N) is 1. The first-order valence-corrected chi connectivity index (χ1v) is 7.26. The molecule has 0 aliphatic carbocycles. The summed E-state index contributed by atoms with van der Waals surface area (Å²) >= 11 is 1.99. The van der Waals surface area contributed by atoms with Crippen LogP contribution in [0.5, 0.6) is 5.75 Å². The molecule has 0 fully saturated rings. The van der Waals surface area contributed by atoms with E-state index in [4.69, 9.17) is 10.5 Å². The van der Waals surface area contributed by atoms with Gasteiger partial charge in [0.1, 0.15) is 5.75 Å². The molecule has 0 radical (unpaired) electrons. The van der Waals surface area contributed by atoms with E-state index in [1.54, 1.807) is 7.11 Å². The third kappa shape index (κ3) is 5.00. The molecule has 1 rings (SSSR count). The van der Waals surface area contributed by atoms with E-state index in [0.717, 1.165) is 23.0 Å². The third-order valence-corrected chi connectivity index (χ3v) is 3.73. The normalized spacial score (nSPS) is 10.9. The van der Waals surface area contributed by atoms with E-state index in [-0.39, 0.29) is 0 Å². The predicted molar refractivity (Wildman–Crippen MR) is 76.5 cm³/mol. The van der Waals surface area contributed by atoms with Gasteiger partial charge in [-0.25, -0.2) is 0 Å². The van der Waals surface area contributed by atoms with Crippen molar-refractivity contribution in [2.75, 3.05) is 12.9 Å². The highest BCUT2D eigenvalue weighted by molar-refractivity contribution is 7.98. The highest BCUT2D eigenvalue weighted by Crippen LogP contribution is 2.22. The highest BCUT2D eigenvalue weighted by atomic mass is 32.2. The van der Waals surface area contributed by atoms with Crippen molar-refractivity contribution < 1.29 is 4.74 Å². The average molecular weight is 253 g/mol. The third-order valence-electron chi connectivity index (χ3n) is 2.67. The molecule has 0 aliphatic rings. The summed E-state index contributed by atoms with van der Waals surface area (Å²) < 4.78 is 5.26. The van der Waals surface area contributed by atoms with Crippen LogP contribution >= 0.6 is 11.8 Å². The van der Waals surface area contributed by atoms with Crippen molar-refractivity contribution in [3.63, 3.8) is 0 Å². The second-order valence-electron chi connectivity index (χ2n) is 4.59. The van der Waals surface area contributed by atoms with E-state index in [9.17, 15) is 0 Å². The van der Waals surface area contributed by atoms with E-state index in [1.807, 2.05) is 17.8 Å². The first-order chi connectivity index (χ1) is 8.17. The smallest absolute Gasteiger partial charge is 0.123 e. The van der Waals surface area contributed by atoms with Crippen molar-refractivity contribution in [3.8, 4) is 5.75 Å². The Bertz CT molecular complexity index is 339. The number of rotatable bonds is 7. The second kappa shape index (κ2) is 7.62. The SMILES string of the molecule is COc1ccc(CSCCC(C)C)cc1CN. The van der Waals surface area contributed by atoms with Crippen molar-refractivity contribution in [3.05, 3.63) is 29.3 Å². The van der Waals surface area contributed by atoms with Crippen LogP contribution in [0.15, 0.2) is 18.2 Å². The Balaban J connectivity index is 2.48. The molecule has 96 valence electrons. The molecule has 0 aliphatic heterocycles. The lowest BCUT2D eigenvalue weighted by molar-refractivity contribution is 0.409. The lowest BCUT2D eigenvalue weighted by atomic mass is 10.1. The Morgan fingerprint density at radius 3 is 2.71 bits per heavy atom. The Hall–Kier alpha value is -0.670. The molecule has 0 saturated carbocycles. The minimum atomic E-state index is 0.535. The minimum absolute atomic E-state index is 0.535. The fourth-order valence-corrected chi connectivity index (χ4v) is 2.79. The quantitative estimate of drug-likeness (QED) is 0.756. The van der Waals surface area contributed by atoms with E-state index < -0.39 is 0 Å². The van der Waals surface area contributed by atoms with Crippen molar-refractivity contribution in [1.82, 2.24) is 0 Å². The summed E-state index contributed by atoms with van der Waals surface area (Å²) in [6, 6.07) is 6.29. The first-order valence-electron chi connectivity index (χ1n) is 6.11. The van der Waals surface area contributed by atoms with Gasteiger partial charge in [-0.15, -0.1) is 0 Å². The van der Waals surface area contributed by atoms with Gasteiger partial charge in [-0.3, -0.25) is 0 Å². The Kier molecular flexibility index (Phi) is 6.45. The van der Waals surface area contributed by atoms with Crippen molar-refractivity contribution >= 4 is 11.8 Å². The maximum atomic E-state index is 5.70. The Morgan fingerprint density at radius 1 is 1.35 bits per heavy atom. The number of methoxy groups -OCH3 is 1. The molecule has 0 unspecified atom stereocenters. The predicted octanol–water partition coefficient (Wildman–Crippen LogP) is 3.43. The molecule has 0 aromatic heterocycles. The molecule has 0 spiro atoms. The summed E-state index contributed by atoms with van der Waals surface area (Å²) in [6.07, 6.45) is 1.28. The molecule has 1 aromatic carbocycles. The van der Waals surface area contributed by atoms with Crippen LogP contribution in [0.2, 0.25) is 0 Å². The largest absolute Gasteiger partial charge is 0.496 e. The van der Waals surface area contributed by atoms with Crippen LogP contribution in [0.25, 0.3) is 0 Å². The molecule has 3 heteroatoms. The summed E-state index contributed by atoms with van der Waals surface area (Å²) in [4.78, 5) is 0. The Labute approximate surface area is 109 Å². The number of thioether (sulfide) groups is 1. The fraction of sp³-hybridized carbons (Fsp3) is 0.571. The van der Waals surface area contributed by atoms with Crippen LogP contribution in [0.4, 0.5) is 0 Å². The fourth-order valence-electron chi connectivity index (χ4n) is 1.59. The van der Waals surface area contributed by atoms with Gasteiger partial charge in [0.25, 0.3) is 0 Å². The molecule has 0 heterocycles.